The van der Waals surface area contributed by atoms with Crippen LogP contribution >= 0.6 is 0 Å². The zero-order chi connectivity index (χ0) is 11.7. The van der Waals surface area contributed by atoms with Crippen LogP contribution < -0.4 is 0 Å². The number of aromatic nitrogens is 2. The predicted octanol–water partition coefficient (Wildman–Crippen LogP) is 2.51. The maximum atomic E-state index is 11.9. The highest BCUT2D eigenvalue weighted by Gasteiger charge is 2.10. The van der Waals surface area contributed by atoms with Crippen LogP contribution in [0.3, 0.4) is 0 Å². The third-order valence-corrected chi connectivity index (χ3v) is 2.70. The number of furan rings is 1. The molecule has 4 nitrogen and oxygen atoms in total. The van der Waals surface area contributed by atoms with E-state index in [1.54, 1.807) is 18.7 Å². The first kappa shape index (κ1) is 9.84. The van der Waals surface area contributed by atoms with E-state index in [4.69, 9.17) is 4.42 Å². The van der Waals surface area contributed by atoms with Crippen molar-refractivity contribution < 1.29 is 9.21 Å². The molecule has 3 aromatic rings. The van der Waals surface area contributed by atoms with E-state index in [0.29, 0.717) is 6.42 Å². The summed E-state index contributed by atoms with van der Waals surface area (Å²) < 4.78 is 6.86. The van der Waals surface area contributed by atoms with Crippen LogP contribution in [0.4, 0.5) is 0 Å². The molecule has 0 aliphatic rings. The fourth-order valence-electron chi connectivity index (χ4n) is 1.83. The first-order chi connectivity index (χ1) is 8.34. The predicted molar refractivity (Wildman–Crippen MR) is 62.8 cm³/mol. The van der Waals surface area contributed by atoms with Crippen LogP contribution in [0.5, 0.6) is 0 Å². The van der Waals surface area contributed by atoms with Gasteiger partial charge in [0.15, 0.2) is 0 Å². The Kier molecular flexibility index (Phi) is 2.26. The molecule has 0 atom stereocenters. The molecule has 2 aromatic heterocycles. The number of hydrogen-bond acceptors (Lipinski definition) is 3. The van der Waals surface area contributed by atoms with Crippen molar-refractivity contribution in [2.75, 3.05) is 0 Å². The second-order valence-corrected chi connectivity index (χ2v) is 3.80. The molecule has 0 N–H and O–H groups in total. The van der Waals surface area contributed by atoms with Crippen molar-refractivity contribution in [3.8, 4) is 0 Å². The zero-order valence-corrected chi connectivity index (χ0v) is 9.04. The first-order valence-corrected chi connectivity index (χ1v) is 5.31. The normalized spacial score (nSPS) is 10.8. The average molecular weight is 226 g/mol. The summed E-state index contributed by atoms with van der Waals surface area (Å²) in [4.78, 5) is 15.8. The standard InChI is InChI=1S/C13H10N2O2/c16-13(15-6-5-14-9-15)7-10-8-17-12-4-2-1-3-11(10)12/h1-6,8-9H,7H2. The minimum absolute atomic E-state index is 0.0194. The molecule has 0 unspecified atom stereocenters. The Morgan fingerprint density at radius 2 is 2.24 bits per heavy atom. The largest absolute Gasteiger partial charge is 0.464 e. The van der Waals surface area contributed by atoms with Gasteiger partial charge in [-0.2, -0.15) is 0 Å². The highest BCUT2D eigenvalue weighted by atomic mass is 16.3. The molecule has 0 saturated carbocycles. The molecule has 0 aliphatic heterocycles. The lowest BCUT2D eigenvalue weighted by molar-refractivity contribution is 0.0914. The van der Waals surface area contributed by atoms with Gasteiger partial charge < -0.3 is 4.42 Å². The van der Waals surface area contributed by atoms with Crippen LogP contribution in [0.2, 0.25) is 0 Å². The second kappa shape index (κ2) is 3.90. The van der Waals surface area contributed by atoms with Gasteiger partial charge in [-0.05, 0) is 6.07 Å². The van der Waals surface area contributed by atoms with Crippen molar-refractivity contribution >= 4 is 16.9 Å². The number of imidazole rings is 1. The Labute approximate surface area is 97.5 Å². The quantitative estimate of drug-likeness (QED) is 0.674. The molecule has 0 spiro atoms. The molecule has 0 radical (unpaired) electrons. The number of benzene rings is 1. The molecule has 17 heavy (non-hydrogen) atoms. The monoisotopic (exact) mass is 226 g/mol. The third kappa shape index (κ3) is 1.73. The van der Waals surface area contributed by atoms with Crippen LogP contribution in [0.15, 0.2) is 53.7 Å². The van der Waals surface area contributed by atoms with Gasteiger partial charge in [-0.1, -0.05) is 18.2 Å². The molecule has 0 saturated heterocycles. The minimum atomic E-state index is -0.0194. The van der Waals surface area contributed by atoms with Gasteiger partial charge in [-0.15, -0.1) is 0 Å². The first-order valence-electron chi connectivity index (χ1n) is 5.31. The molecule has 3 rings (SSSR count). The lowest BCUT2D eigenvalue weighted by atomic mass is 10.1. The summed E-state index contributed by atoms with van der Waals surface area (Å²) in [6.07, 6.45) is 6.69. The fraction of sp³-hybridized carbons (Fsp3) is 0.0769. The Balaban J connectivity index is 1.93. The Morgan fingerprint density at radius 1 is 1.35 bits per heavy atom. The smallest absolute Gasteiger partial charge is 0.236 e. The molecular formula is C13H10N2O2. The van der Waals surface area contributed by atoms with Crippen molar-refractivity contribution in [2.24, 2.45) is 0 Å². The molecular weight excluding hydrogens is 216 g/mol. The highest BCUT2D eigenvalue weighted by Crippen LogP contribution is 2.21. The van der Waals surface area contributed by atoms with Crippen molar-refractivity contribution in [2.45, 2.75) is 6.42 Å². The van der Waals surface area contributed by atoms with Gasteiger partial charge in [-0.3, -0.25) is 9.36 Å². The van der Waals surface area contributed by atoms with Gasteiger partial charge in [0.2, 0.25) is 5.91 Å². The van der Waals surface area contributed by atoms with Crippen LogP contribution in [0.25, 0.3) is 11.0 Å². The zero-order valence-electron chi connectivity index (χ0n) is 9.04. The number of hydrogen-bond donors (Lipinski definition) is 0. The molecule has 84 valence electrons. The van der Waals surface area contributed by atoms with Gasteiger partial charge in [0.05, 0.1) is 12.7 Å². The summed E-state index contributed by atoms with van der Waals surface area (Å²) in [6.45, 7) is 0. The van der Waals surface area contributed by atoms with Gasteiger partial charge >= 0.3 is 0 Å². The van der Waals surface area contributed by atoms with Crippen LogP contribution in [-0.2, 0) is 6.42 Å². The van der Waals surface area contributed by atoms with E-state index in [-0.39, 0.29) is 5.91 Å². The number of rotatable bonds is 2. The topological polar surface area (TPSA) is 48.0 Å². The SMILES string of the molecule is O=C(Cc1coc2ccccc12)n1ccnc1. The molecule has 0 aliphatic carbocycles. The number of carbonyl (C=O) groups excluding carboxylic acids is 1. The number of para-hydroxylation sites is 1. The summed E-state index contributed by atoms with van der Waals surface area (Å²) in [5.74, 6) is -0.0194. The second-order valence-electron chi connectivity index (χ2n) is 3.80. The van der Waals surface area contributed by atoms with Crippen LogP contribution in [0.1, 0.15) is 10.4 Å². The molecule has 0 bridgehead atoms. The Hall–Kier alpha value is -2.36. The number of fused-ring (bicyclic) bond motifs is 1. The highest BCUT2D eigenvalue weighted by molar-refractivity contribution is 5.88. The van der Waals surface area contributed by atoms with Gasteiger partial charge in [0.1, 0.15) is 11.9 Å². The summed E-state index contributed by atoms with van der Waals surface area (Å²) in [7, 11) is 0. The summed E-state index contributed by atoms with van der Waals surface area (Å²) in [6, 6.07) is 7.69. The summed E-state index contributed by atoms with van der Waals surface area (Å²) in [5, 5.41) is 0.987. The van der Waals surface area contributed by atoms with Gasteiger partial charge in [0, 0.05) is 23.3 Å². The molecule has 4 heteroatoms. The van der Waals surface area contributed by atoms with Crippen molar-refractivity contribution in [1.82, 2.24) is 9.55 Å². The summed E-state index contributed by atoms with van der Waals surface area (Å²) in [5.41, 5.74) is 1.71. The third-order valence-electron chi connectivity index (χ3n) is 2.70. The van der Waals surface area contributed by atoms with Crippen molar-refractivity contribution in [1.29, 1.82) is 0 Å². The Morgan fingerprint density at radius 3 is 3.06 bits per heavy atom. The number of carbonyl (C=O) groups is 1. The minimum Gasteiger partial charge on any atom is -0.464 e. The van der Waals surface area contributed by atoms with E-state index >= 15 is 0 Å². The van der Waals surface area contributed by atoms with E-state index in [2.05, 4.69) is 4.98 Å². The van der Waals surface area contributed by atoms with E-state index in [1.807, 2.05) is 24.3 Å². The Bertz CT molecular complexity index is 653. The molecule has 0 amide bonds. The van der Waals surface area contributed by atoms with Crippen molar-refractivity contribution in [3.63, 3.8) is 0 Å². The van der Waals surface area contributed by atoms with E-state index in [0.717, 1.165) is 16.5 Å². The number of nitrogens with zero attached hydrogens (tertiary/aromatic N) is 2. The lowest BCUT2D eigenvalue weighted by Gasteiger charge is -1.98. The molecule has 0 fully saturated rings. The van der Waals surface area contributed by atoms with Gasteiger partial charge in [-0.25, -0.2) is 4.98 Å². The van der Waals surface area contributed by atoms with Crippen LogP contribution in [-0.4, -0.2) is 15.5 Å². The van der Waals surface area contributed by atoms with Crippen molar-refractivity contribution in [3.05, 3.63) is 54.8 Å². The van der Waals surface area contributed by atoms with E-state index in [9.17, 15) is 4.79 Å². The lowest BCUT2D eigenvalue weighted by Crippen LogP contribution is -2.10. The fourth-order valence-corrected chi connectivity index (χ4v) is 1.83. The van der Waals surface area contributed by atoms with Crippen LogP contribution in [0, 0.1) is 0 Å². The average Bonchev–Trinajstić information content (AvgIpc) is 2.98. The maximum absolute atomic E-state index is 11.9. The molecule has 1 aromatic carbocycles. The van der Waals surface area contributed by atoms with Gasteiger partial charge in [0.25, 0.3) is 0 Å². The molecule has 2 heterocycles. The van der Waals surface area contributed by atoms with E-state index < -0.39 is 0 Å². The summed E-state index contributed by atoms with van der Waals surface area (Å²) >= 11 is 0. The van der Waals surface area contributed by atoms with E-state index in [1.165, 1.54) is 10.9 Å². The maximum Gasteiger partial charge on any atom is 0.236 e.